The lowest BCUT2D eigenvalue weighted by atomic mass is 9.96. The maximum Gasteiger partial charge on any atom is 0.338 e. The standard InChI is InChI=1S/C28H27IN2O6S2/c1-6-35-21-13-17(12-20(29)25(21)37-16(4)32)14-22-26(33)31-24(18-8-10-19(38-5)11-9-18)23(27(34)36-7-2)15(3)30-28(31)39-22/h8-14,24H,6-7H2,1-5H3/b22-14-/t24-/m1/s1. The van der Waals surface area contributed by atoms with Gasteiger partial charge in [0.05, 0.1) is 38.6 Å². The third-order valence-corrected chi connectivity index (χ3v) is 8.35. The number of hydrogen-bond donors (Lipinski definition) is 0. The molecule has 0 aliphatic carbocycles. The second-order valence-corrected chi connectivity index (χ2v) is 11.5. The number of rotatable bonds is 8. The third-order valence-electron chi connectivity index (χ3n) is 5.82. The van der Waals surface area contributed by atoms with E-state index in [0.29, 0.717) is 47.8 Å². The summed E-state index contributed by atoms with van der Waals surface area (Å²) in [6, 6.07) is 10.7. The van der Waals surface area contributed by atoms with E-state index in [-0.39, 0.29) is 12.2 Å². The minimum Gasteiger partial charge on any atom is -0.490 e. The van der Waals surface area contributed by atoms with Gasteiger partial charge in [-0.25, -0.2) is 9.79 Å². The van der Waals surface area contributed by atoms with Crippen LogP contribution in [0, 0.1) is 3.57 Å². The Bertz CT molecular complexity index is 1640. The SMILES string of the molecule is CCOC(=O)C1=C(C)N=c2s/c(=C\c3cc(I)c(OC(C)=O)c(OCC)c3)c(=O)n2[C@@H]1c1ccc(SC)cc1. The van der Waals surface area contributed by atoms with Crippen LogP contribution in [0.2, 0.25) is 0 Å². The Kier molecular flexibility index (Phi) is 9.34. The molecule has 2 aromatic carbocycles. The fraction of sp³-hybridized carbons (Fsp3) is 0.286. The molecule has 39 heavy (non-hydrogen) atoms. The number of hydrogen-bond acceptors (Lipinski definition) is 9. The summed E-state index contributed by atoms with van der Waals surface area (Å²) in [5.74, 6) is -0.199. The van der Waals surface area contributed by atoms with Gasteiger partial charge in [-0.2, -0.15) is 0 Å². The maximum absolute atomic E-state index is 13.9. The second kappa shape index (κ2) is 12.5. The minimum absolute atomic E-state index is 0.211. The van der Waals surface area contributed by atoms with Gasteiger partial charge in [0, 0.05) is 11.8 Å². The first-order valence-corrected chi connectivity index (χ1v) is 15.3. The van der Waals surface area contributed by atoms with Gasteiger partial charge in [0.15, 0.2) is 16.3 Å². The van der Waals surface area contributed by atoms with Gasteiger partial charge in [-0.05, 0) is 91.1 Å². The number of thioether (sulfide) groups is 1. The number of benzene rings is 2. The molecule has 11 heteroatoms. The first-order valence-electron chi connectivity index (χ1n) is 12.2. The Morgan fingerprint density at radius 2 is 1.90 bits per heavy atom. The first-order chi connectivity index (χ1) is 18.7. The van der Waals surface area contributed by atoms with Crippen LogP contribution < -0.4 is 24.4 Å². The van der Waals surface area contributed by atoms with E-state index in [2.05, 4.69) is 27.6 Å². The number of allylic oxidation sites excluding steroid dienone is 1. The van der Waals surface area contributed by atoms with Gasteiger partial charge >= 0.3 is 11.9 Å². The first kappa shape index (κ1) is 29.1. The molecule has 2 heterocycles. The van der Waals surface area contributed by atoms with E-state index in [1.165, 1.54) is 18.3 Å². The van der Waals surface area contributed by atoms with E-state index < -0.39 is 18.0 Å². The third kappa shape index (κ3) is 6.15. The number of esters is 2. The summed E-state index contributed by atoms with van der Waals surface area (Å²) >= 11 is 4.93. The van der Waals surface area contributed by atoms with Gasteiger partial charge < -0.3 is 14.2 Å². The molecule has 204 valence electrons. The van der Waals surface area contributed by atoms with Crippen LogP contribution in [-0.4, -0.2) is 36.0 Å². The summed E-state index contributed by atoms with van der Waals surface area (Å²) in [5.41, 5.74) is 2.07. The smallest absolute Gasteiger partial charge is 0.338 e. The van der Waals surface area contributed by atoms with Crippen molar-refractivity contribution in [1.29, 1.82) is 0 Å². The number of thiazole rings is 1. The molecule has 8 nitrogen and oxygen atoms in total. The van der Waals surface area contributed by atoms with Crippen LogP contribution in [0.1, 0.15) is 44.9 Å². The molecule has 0 spiro atoms. The molecule has 0 fully saturated rings. The van der Waals surface area contributed by atoms with E-state index in [0.717, 1.165) is 10.5 Å². The normalized spacial score (nSPS) is 15.0. The van der Waals surface area contributed by atoms with Gasteiger partial charge in [0.2, 0.25) is 0 Å². The molecule has 3 aromatic rings. The largest absolute Gasteiger partial charge is 0.490 e. The average molecular weight is 679 g/mol. The van der Waals surface area contributed by atoms with Crippen LogP contribution in [0.3, 0.4) is 0 Å². The highest BCUT2D eigenvalue weighted by atomic mass is 127. The van der Waals surface area contributed by atoms with Crippen molar-refractivity contribution in [2.24, 2.45) is 4.99 Å². The summed E-state index contributed by atoms with van der Waals surface area (Å²) in [5, 5.41) is 0. The molecular weight excluding hydrogens is 651 g/mol. The fourth-order valence-corrected chi connectivity index (χ4v) is 6.41. The van der Waals surface area contributed by atoms with E-state index in [1.54, 1.807) is 42.3 Å². The molecule has 0 radical (unpaired) electrons. The van der Waals surface area contributed by atoms with Crippen LogP contribution in [0.25, 0.3) is 6.08 Å². The molecule has 1 aromatic heterocycles. The zero-order chi connectivity index (χ0) is 28.3. The number of aromatic nitrogens is 1. The molecule has 1 aliphatic rings. The summed E-state index contributed by atoms with van der Waals surface area (Å²) in [7, 11) is 0. The number of carbonyl (C=O) groups is 2. The Morgan fingerprint density at radius 1 is 1.18 bits per heavy atom. The van der Waals surface area contributed by atoms with Crippen LogP contribution in [0.4, 0.5) is 0 Å². The van der Waals surface area contributed by atoms with Crippen molar-refractivity contribution in [2.45, 2.75) is 38.6 Å². The van der Waals surface area contributed by atoms with Gasteiger partial charge in [-0.3, -0.25) is 14.2 Å². The molecule has 1 aliphatic heterocycles. The van der Waals surface area contributed by atoms with Crippen molar-refractivity contribution >= 4 is 63.7 Å². The molecule has 0 saturated heterocycles. The maximum atomic E-state index is 13.9. The number of halogens is 1. The van der Waals surface area contributed by atoms with Gasteiger partial charge in [0.25, 0.3) is 5.56 Å². The molecule has 0 N–H and O–H groups in total. The van der Waals surface area contributed by atoms with Crippen molar-refractivity contribution in [2.75, 3.05) is 19.5 Å². The van der Waals surface area contributed by atoms with E-state index in [1.807, 2.05) is 43.5 Å². The predicted molar refractivity (Wildman–Crippen MR) is 160 cm³/mol. The van der Waals surface area contributed by atoms with E-state index >= 15 is 0 Å². The number of carbonyl (C=O) groups excluding carboxylic acids is 2. The van der Waals surface area contributed by atoms with Crippen LogP contribution >= 0.6 is 45.7 Å². The van der Waals surface area contributed by atoms with Crippen molar-refractivity contribution < 1.29 is 23.8 Å². The highest BCUT2D eigenvalue weighted by Gasteiger charge is 2.33. The van der Waals surface area contributed by atoms with Crippen LogP contribution in [0.15, 0.2) is 62.4 Å². The highest BCUT2D eigenvalue weighted by molar-refractivity contribution is 14.1. The molecule has 1 atom stereocenters. The summed E-state index contributed by atoms with van der Waals surface area (Å²) in [6.07, 6.45) is 3.74. The lowest BCUT2D eigenvalue weighted by molar-refractivity contribution is -0.139. The molecule has 0 saturated carbocycles. The Hall–Kier alpha value is -2.90. The Balaban J connectivity index is 1.91. The van der Waals surface area contributed by atoms with Crippen LogP contribution in [-0.2, 0) is 14.3 Å². The van der Waals surface area contributed by atoms with Crippen LogP contribution in [0.5, 0.6) is 11.5 Å². The zero-order valence-electron chi connectivity index (χ0n) is 22.1. The molecular formula is C28H27IN2O6S2. The summed E-state index contributed by atoms with van der Waals surface area (Å²) in [4.78, 5) is 44.7. The molecule has 4 rings (SSSR count). The molecule has 0 unspecified atom stereocenters. The van der Waals surface area contributed by atoms with Crippen molar-refractivity contribution in [3.63, 3.8) is 0 Å². The second-order valence-electron chi connectivity index (χ2n) is 8.43. The van der Waals surface area contributed by atoms with Gasteiger partial charge in [0.1, 0.15) is 0 Å². The predicted octanol–water partition coefficient (Wildman–Crippen LogP) is 4.45. The monoisotopic (exact) mass is 678 g/mol. The summed E-state index contributed by atoms with van der Waals surface area (Å²) < 4.78 is 19.1. The summed E-state index contributed by atoms with van der Waals surface area (Å²) in [6.45, 7) is 7.26. The zero-order valence-corrected chi connectivity index (χ0v) is 25.9. The van der Waals surface area contributed by atoms with Crippen molar-refractivity contribution in [1.82, 2.24) is 4.57 Å². The quantitative estimate of drug-likeness (QED) is 0.151. The van der Waals surface area contributed by atoms with E-state index in [9.17, 15) is 14.4 Å². The van der Waals surface area contributed by atoms with Crippen molar-refractivity contribution in [3.05, 3.63) is 82.1 Å². The Morgan fingerprint density at radius 3 is 2.51 bits per heavy atom. The molecule has 0 amide bonds. The lowest BCUT2D eigenvalue weighted by Gasteiger charge is -2.24. The molecule has 0 bridgehead atoms. The van der Waals surface area contributed by atoms with Gasteiger partial charge in [-0.15, -0.1) is 11.8 Å². The minimum atomic E-state index is -0.677. The Labute approximate surface area is 247 Å². The topological polar surface area (TPSA) is 96.2 Å². The number of fused-ring (bicyclic) bond motifs is 1. The van der Waals surface area contributed by atoms with Crippen molar-refractivity contribution in [3.8, 4) is 11.5 Å². The van der Waals surface area contributed by atoms with Gasteiger partial charge in [-0.1, -0.05) is 23.5 Å². The van der Waals surface area contributed by atoms with E-state index in [4.69, 9.17) is 14.2 Å². The lowest BCUT2D eigenvalue weighted by Crippen LogP contribution is -2.39. The highest BCUT2D eigenvalue weighted by Crippen LogP contribution is 2.35. The number of ether oxygens (including phenoxy) is 3. The average Bonchev–Trinajstić information content (AvgIpc) is 3.19. The fourth-order valence-electron chi connectivity index (χ4n) is 4.22. The number of nitrogens with zero attached hydrogens (tertiary/aromatic N) is 2.